The van der Waals surface area contributed by atoms with Crippen molar-refractivity contribution in [2.24, 2.45) is 0 Å². The average Bonchev–Trinajstić information content (AvgIpc) is 2.84. The van der Waals surface area contributed by atoms with E-state index >= 15 is 0 Å². The number of aromatic nitrogens is 2. The second-order valence-electron chi connectivity index (χ2n) is 4.55. The molecule has 0 aliphatic heterocycles. The monoisotopic (exact) mass is 269 g/mol. The Morgan fingerprint density at radius 2 is 2.16 bits per heavy atom. The van der Waals surface area contributed by atoms with E-state index in [1.54, 1.807) is 7.11 Å². The van der Waals surface area contributed by atoms with E-state index in [1.165, 1.54) is 5.69 Å². The molecule has 1 unspecified atom stereocenters. The normalized spacial score (nSPS) is 12.8. The van der Waals surface area contributed by atoms with Crippen LogP contribution in [-0.4, -0.2) is 49.8 Å². The molecule has 0 amide bonds. The Morgan fingerprint density at radius 1 is 1.37 bits per heavy atom. The SMILES string of the molecule is CCc1cc(CC(COCCOC)NC)n(CC)n1. The first-order chi connectivity index (χ1) is 9.24. The van der Waals surface area contributed by atoms with Gasteiger partial charge in [0.1, 0.15) is 0 Å². The number of ether oxygens (including phenoxy) is 2. The van der Waals surface area contributed by atoms with Crippen molar-refractivity contribution >= 4 is 0 Å². The molecule has 0 saturated heterocycles. The van der Waals surface area contributed by atoms with Crippen LogP contribution in [0.4, 0.5) is 0 Å². The molecule has 110 valence electrons. The molecule has 0 aliphatic carbocycles. The van der Waals surface area contributed by atoms with Gasteiger partial charge in [0.25, 0.3) is 0 Å². The molecule has 0 aromatic carbocycles. The molecule has 5 nitrogen and oxygen atoms in total. The number of aryl methyl sites for hydroxylation is 2. The molecular weight excluding hydrogens is 242 g/mol. The van der Waals surface area contributed by atoms with Crippen molar-refractivity contribution in [1.82, 2.24) is 15.1 Å². The number of hydrogen-bond donors (Lipinski definition) is 1. The van der Waals surface area contributed by atoms with Crippen LogP contribution in [0.5, 0.6) is 0 Å². The summed E-state index contributed by atoms with van der Waals surface area (Å²) in [6, 6.07) is 2.51. The maximum Gasteiger partial charge on any atom is 0.0701 e. The van der Waals surface area contributed by atoms with Gasteiger partial charge in [-0.1, -0.05) is 6.92 Å². The third-order valence-electron chi connectivity index (χ3n) is 3.19. The summed E-state index contributed by atoms with van der Waals surface area (Å²) < 4.78 is 12.6. The summed E-state index contributed by atoms with van der Waals surface area (Å²) in [5.41, 5.74) is 2.43. The smallest absolute Gasteiger partial charge is 0.0701 e. The predicted molar refractivity (Wildman–Crippen MR) is 76.5 cm³/mol. The predicted octanol–water partition coefficient (Wildman–Crippen LogP) is 1.26. The van der Waals surface area contributed by atoms with Gasteiger partial charge in [0, 0.05) is 31.8 Å². The molecule has 0 aliphatic rings. The van der Waals surface area contributed by atoms with E-state index in [4.69, 9.17) is 9.47 Å². The maximum atomic E-state index is 5.59. The summed E-state index contributed by atoms with van der Waals surface area (Å²) in [5, 5.41) is 7.87. The standard InChI is InChI=1S/C14H27N3O2/c1-5-12-9-14(17(6-2)16-12)10-13(15-3)11-19-8-7-18-4/h9,13,15H,5-8,10-11H2,1-4H3. The molecule has 0 bridgehead atoms. The lowest BCUT2D eigenvalue weighted by atomic mass is 10.1. The summed E-state index contributed by atoms with van der Waals surface area (Å²) in [4.78, 5) is 0. The van der Waals surface area contributed by atoms with Gasteiger partial charge in [-0.05, 0) is 26.5 Å². The number of hydrogen-bond acceptors (Lipinski definition) is 4. The average molecular weight is 269 g/mol. The minimum Gasteiger partial charge on any atom is -0.382 e. The zero-order chi connectivity index (χ0) is 14.1. The minimum atomic E-state index is 0.309. The van der Waals surface area contributed by atoms with E-state index in [9.17, 15) is 0 Å². The Morgan fingerprint density at radius 3 is 2.74 bits per heavy atom. The molecule has 1 aromatic rings. The van der Waals surface area contributed by atoms with Crippen LogP contribution in [0.1, 0.15) is 25.2 Å². The van der Waals surface area contributed by atoms with Gasteiger partial charge in [-0.3, -0.25) is 4.68 Å². The molecule has 19 heavy (non-hydrogen) atoms. The summed E-state index contributed by atoms with van der Waals surface area (Å²) in [7, 11) is 3.66. The van der Waals surface area contributed by atoms with Gasteiger partial charge >= 0.3 is 0 Å². The first kappa shape index (κ1) is 16.1. The van der Waals surface area contributed by atoms with Crippen molar-refractivity contribution in [3.63, 3.8) is 0 Å². The highest BCUT2D eigenvalue weighted by Gasteiger charge is 2.12. The fraction of sp³-hybridized carbons (Fsp3) is 0.786. The summed E-state index contributed by atoms with van der Waals surface area (Å²) in [6.45, 7) is 7.15. The van der Waals surface area contributed by atoms with E-state index in [-0.39, 0.29) is 0 Å². The van der Waals surface area contributed by atoms with Crippen LogP contribution in [0.25, 0.3) is 0 Å². The van der Waals surface area contributed by atoms with Crippen molar-refractivity contribution in [3.8, 4) is 0 Å². The number of methoxy groups -OCH3 is 1. The first-order valence-corrected chi connectivity index (χ1v) is 7.04. The Balaban J connectivity index is 2.52. The van der Waals surface area contributed by atoms with Crippen molar-refractivity contribution in [2.45, 2.75) is 39.3 Å². The van der Waals surface area contributed by atoms with Crippen LogP contribution in [0.2, 0.25) is 0 Å². The number of nitrogens with one attached hydrogen (secondary N) is 1. The number of rotatable bonds is 10. The van der Waals surface area contributed by atoms with Gasteiger partial charge in [0.2, 0.25) is 0 Å². The van der Waals surface area contributed by atoms with E-state index in [0.717, 1.165) is 25.1 Å². The third-order valence-corrected chi connectivity index (χ3v) is 3.19. The molecule has 0 fully saturated rings. The van der Waals surface area contributed by atoms with E-state index in [2.05, 4.69) is 35.0 Å². The van der Waals surface area contributed by atoms with Crippen molar-refractivity contribution in [3.05, 3.63) is 17.5 Å². The van der Waals surface area contributed by atoms with Crippen LogP contribution in [0.15, 0.2) is 6.07 Å². The lowest BCUT2D eigenvalue weighted by Crippen LogP contribution is -2.33. The molecule has 1 heterocycles. The second kappa shape index (κ2) is 9.07. The molecule has 5 heteroatoms. The zero-order valence-electron chi connectivity index (χ0n) is 12.6. The molecule has 1 aromatic heterocycles. The van der Waals surface area contributed by atoms with Gasteiger partial charge in [-0.25, -0.2) is 0 Å². The highest BCUT2D eigenvalue weighted by Crippen LogP contribution is 2.08. The van der Waals surface area contributed by atoms with E-state index in [1.807, 2.05) is 7.05 Å². The van der Waals surface area contributed by atoms with Gasteiger partial charge in [0.05, 0.1) is 25.5 Å². The molecule has 1 N–H and O–H groups in total. The quantitative estimate of drug-likeness (QED) is 0.650. The fourth-order valence-electron chi connectivity index (χ4n) is 1.99. The van der Waals surface area contributed by atoms with E-state index in [0.29, 0.717) is 25.9 Å². The van der Waals surface area contributed by atoms with Gasteiger partial charge in [0.15, 0.2) is 0 Å². The van der Waals surface area contributed by atoms with Gasteiger partial charge in [-0.15, -0.1) is 0 Å². The highest BCUT2D eigenvalue weighted by atomic mass is 16.5. The Bertz CT molecular complexity index is 352. The van der Waals surface area contributed by atoms with Crippen molar-refractivity contribution in [1.29, 1.82) is 0 Å². The molecule has 0 radical (unpaired) electrons. The van der Waals surface area contributed by atoms with Crippen molar-refractivity contribution in [2.75, 3.05) is 34.0 Å². The Labute approximate surface area is 116 Å². The Hall–Kier alpha value is -0.910. The van der Waals surface area contributed by atoms with Crippen LogP contribution in [-0.2, 0) is 28.9 Å². The topological polar surface area (TPSA) is 48.3 Å². The fourth-order valence-corrected chi connectivity index (χ4v) is 1.99. The van der Waals surface area contributed by atoms with Gasteiger partial charge < -0.3 is 14.8 Å². The molecule has 0 saturated carbocycles. The largest absolute Gasteiger partial charge is 0.382 e. The van der Waals surface area contributed by atoms with Gasteiger partial charge in [-0.2, -0.15) is 5.10 Å². The first-order valence-electron chi connectivity index (χ1n) is 7.04. The lowest BCUT2D eigenvalue weighted by Gasteiger charge is -2.16. The van der Waals surface area contributed by atoms with Crippen LogP contribution in [0.3, 0.4) is 0 Å². The van der Waals surface area contributed by atoms with E-state index < -0.39 is 0 Å². The molecule has 0 spiro atoms. The second-order valence-corrected chi connectivity index (χ2v) is 4.55. The van der Waals surface area contributed by atoms with Crippen molar-refractivity contribution < 1.29 is 9.47 Å². The molecule has 1 atom stereocenters. The molecular formula is C14H27N3O2. The number of nitrogens with zero attached hydrogens (tertiary/aromatic N) is 2. The minimum absolute atomic E-state index is 0.309. The highest BCUT2D eigenvalue weighted by molar-refractivity contribution is 5.12. The maximum absolute atomic E-state index is 5.59. The lowest BCUT2D eigenvalue weighted by molar-refractivity contribution is 0.0595. The number of likely N-dealkylation sites (N-methyl/N-ethyl adjacent to an activating group) is 1. The Kier molecular flexibility index (Phi) is 7.70. The van der Waals surface area contributed by atoms with Crippen LogP contribution in [0, 0.1) is 0 Å². The summed E-state index contributed by atoms with van der Waals surface area (Å²) in [5.74, 6) is 0. The molecule has 1 rings (SSSR count). The van der Waals surface area contributed by atoms with Crippen LogP contribution < -0.4 is 5.32 Å². The van der Waals surface area contributed by atoms with Crippen LogP contribution >= 0.6 is 0 Å². The zero-order valence-corrected chi connectivity index (χ0v) is 12.6. The third kappa shape index (κ3) is 5.30. The summed E-state index contributed by atoms with van der Waals surface area (Å²) >= 11 is 0. The summed E-state index contributed by atoms with van der Waals surface area (Å²) in [6.07, 6.45) is 1.92.